The minimum atomic E-state index is -4.51. The number of fused-ring (bicyclic) bond motifs is 1. The monoisotopic (exact) mass is 426 g/mol. The van der Waals surface area contributed by atoms with Crippen LogP contribution in [0, 0.1) is 11.6 Å². The number of benzene rings is 4. The summed E-state index contributed by atoms with van der Waals surface area (Å²) in [7, 11) is 0. The highest BCUT2D eigenvalue weighted by atomic mass is 19.4. The quantitative estimate of drug-likeness (QED) is 0.287. The maximum absolute atomic E-state index is 14.8. The van der Waals surface area contributed by atoms with Gasteiger partial charge in [0.05, 0.1) is 11.1 Å². The van der Waals surface area contributed by atoms with Crippen molar-refractivity contribution in [3.63, 3.8) is 0 Å². The molecule has 0 atom stereocenters. The highest BCUT2D eigenvalue weighted by Gasteiger charge is 2.30. The van der Waals surface area contributed by atoms with Gasteiger partial charge in [-0.3, -0.25) is 0 Å². The maximum Gasteiger partial charge on any atom is 0.416 e. The number of alkyl halides is 3. The van der Waals surface area contributed by atoms with Crippen molar-refractivity contribution in [3.8, 4) is 22.3 Å². The van der Waals surface area contributed by atoms with Crippen LogP contribution in [0.2, 0.25) is 0 Å². The van der Waals surface area contributed by atoms with Crippen LogP contribution in [0.4, 0.5) is 22.0 Å². The standard InChI is InChI=1S/C26H19F5/c1-2-3-16-4-5-19-13-20(7-6-18(19)12-16)21-14-23(27)25(24(28)15-21)17-8-10-22(11-9-17)26(29,30)31/h4-15H,2-3H2,1H3. The van der Waals surface area contributed by atoms with E-state index in [0.29, 0.717) is 11.1 Å². The van der Waals surface area contributed by atoms with Crippen molar-refractivity contribution in [1.82, 2.24) is 0 Å². The van der Waals surface area contributed by atoms with Gasteiger partial charge in [-0.1, -0.05) is 55.8 Å². The molecule has 4 aromatic carbocycles. The zero-order valence-corrected chi connectivity index (χ0v) is 16.7. The van der Waals surface area contributed by atoms with E-state index in [1.54, 1.807) is 0 Å². The Morgan fingerprint density at radius 1 is 0.645 bits per heavy atom. The fourth-order valence-electron chi connectivity index (χ4n) is 3.76. The lowest BCUT2D eigenvalue weighted by atomic mass is 9.96. The molecule has 0 fully saturated rings. The van der Waals surface area contributed by atoms with Crippen LogP contribution in [0.3, 0.4) is 0 Å². The molecule has 0 aliphatic carbocycles. The van der Waals surface area contributed by atoms with Crippen molar-refractivity contribution >= 4 is 10.8 Å². The van der Waals surface area contributed by atoms with Gasteiger partial charge < -0.3 is 0 Å². The molecule has 0 heterocycles. The second kappa shape index (κ2) is 8.14. The van der Waals surface area contributed by atoms with Gasteiger partial charge in [-0.2, -0.15) is 13.2 Å². The molecule has 4 rings (SSSR count). The lowest BCUT2D eigenvalue weighted by Gasteiger charge is -2.11. The van der Waals surface area contributed by atoms with Gasteiger partial charge in [-0.25, -0.2) is 8.78 Å². The van der Waals surface area contributed by atoms with Gasteiger partial charge in [0, 0.05) is 0 Å². The first-order valence-corrected chi connectivity index (χ1v) is 9.96. The molecule has 0 radical (unpaired) electrons. The maximum atomic E-state index is 14.8. The largest absolute Gasteiger partial charge is 0.416 e. The predicted molar refractivity (Wildman–Crippen MR) is 114 cm³/mol. The van der Waals surface area contributed by atoms with Crippen molar-refractivity contribution in [2.75, 3.05) is 0 Å². The molecule has 0 amide bonds. The molecule has 0 unspecified atom stereocenters. The van der Waals surface area contributed by atoms with Gasteiger partial charge >= 0.3 is 6.18 Å². The topological polar surface area (TPSA) is 0 Å². The summed E-state index contributed by atoms with van der Waals surface area (Å²) in [6.07, 6.45) is -2.47. The Balaban J connectivity index is 1.70. The molecule has 0 aliphatic rings. The molecule has 158 valence electrons. The molecule has 31 heavy (non-hydrogen) atoms. The number of halogens is 5. The molecular weight excluding hydrogens is 407 g/mol. The Morgan fingerprint density at radius 3 is 1.84 bits per heavy atom. The van der Waals surface area contributed by atoms with E-state index in [1.807, 2.05) is 30.3 Å². The Hall–Kier alpha value is -3.21. The smallest absolute Gasteiger partial charge is 0.206 e. The summed E-state index contributed by atoms with van der Waals surface area (Å²) in [5.41, 5.74) is 1.10. The first kappa shape index (κ1) is 21.0. The molecule has 0 aliphatic heterocycles. The van der Waals surface area contributed by atoms with Crippen LogP contribution in [0.5, 0.6) is 0 Å². The third-order valence-electron chi connectivity index (χ3n) is 5.32. The average Bonchev–Trinajstić information content (AvgIpc) is 2.73. The number of aryl methyl sites for hydroxylation is 1. The number of hydrogen-bond donors (Lipinski definition) is 0. The number of hydrogen-bond acceptors (Lipinski definition) is 0. The Morgan fingerprint density at radius 2 is 1.23 bits per heavy atom. The Kier molecular flexibility index (Phi) is 5.52. The van der Waals surface area contributed by atoms with E-state index in [4.69, 9.17) is 0 Å². The molecule has 0 nitrogen and oxygen atoms in total. The van der Waals surface area contributed by atoms with Gasteiger partial charge in [-0.15, -0.1) is 0 Å². The zero-order valence-electron chi connectivity index (χ0n) is 16.7. The average molecular weight is 426 g/mol. The van der Waals surface area contributed by atoms with E-state index in [0.717, 1.165) is 47.9 Å². The second-order valence-electron chi connectivity index (χ2n) is 7.54. The minimum Gasteiger partial charge on any atom is -0.206 e. The molecule has 0 saturated heterocycles. The SMILES string of the molecule is CCCc1ccc2cc(-c3cc(F)c(-c4ccc(C(F)(F)F)cc4)c(F)c3)ccc2c1. The van der Waals surface area contributed by atoms with E-state index in [2.05, 4.69) is 13.0 Å². The van der Waals surface area contributed by atoms with Crippen LogP contribution in [0.1, 0.15) is 24.5 Å². The zero-order chi connectivity index (χ0) is 22.2. The van der Waals surface area contributed by atoms with Crippen molar-refractivity contribution in [1.29, 1.82) is 0 Å². The Labute approximate surface area is 177 Å². The molecule has 5 heteroatoms. The van der Waals surface area contributed by atoms with Gasteiger partial charge in [0.2, 0.25) is 0 Å². The summed E-state index contributed by atoms with van der Waals surface area (Å²) in [5.74, 6) is -1.65. The molecule has 0 N–H and O–H groups in total. The van der Waals surface area contributed by atoms with E-state index in [9.17, 15) is 22.0 Å². The van der Waals surface area contributed by atoms with Gasteiger partial charge in [0.25, 0.3) is 0 Å². The lowest BCUT2D eigenvalue weighted by molar-refractivity contribution is -0.137. The molecule has 0 saturated carbocycles. The van der Waals surface area contributed by atoms with E-state index in [1.165, 1.54) is 17.7 Å². The van der Waals surface area contributed by atoms with Crippen LogP contribution < -0.4 is 0 Å². The van der Waals surface area contributed by atoms with Crippen LogP contribution in [-0.2, 0) is 12.6 Å². The van der Waals surface area contributed by atoms with Crippen molar-refractivity contribution in [3.05, 3.63) is 95.6 Å². The summed E-state index contributed by atoms with van der Waals surface area (Å²) < 4.78 is 67.8. The lowest BCUT2D eigenvalue weighted by Crippen LogP contribution is -2.04. The second-order valence-corrected chi connectivity index (χ2v) is 7.54. The first-order chi connectivity index (χ1) is 14.8. The molecule has 0 aromatic heterocycles. The fourth-order valence-corrected chi connectivity index (χ4v) is 3.76. The summed E-state index contributed by atoms with van der Waals surface area (Å²) in [6, 6.07) is 18.0. The highest BCUT2D eigenvalue weighted by molar-refractivity contribution is 5.88. The van der Waals surface area contributed by atoms with E-state index in [-0.39, 0.29) is 11.1 Å². The van der Waals surface area contributed by atoms with Gasteiger partial charge in [-0.05, 0) is 69.8 Å². The van der Waals surface area contributed by atoms with E-state index < -0.39 is 23.4 Å². The highest BCUT2D eigenvalue weighted by Crippen LogP contribution is 2.35. The first-order valence-electron chi connectivity index (χ1n) is 9.96. The van der Waals surface area contributed by atoms with Crippen LogP contribution in [0.25, 0.3) is 33.0 Å². The van der Waals surface area contributed by atoms with Crippen LogP contribution in [0.15, 0.2) is 72.8 Å². The summed E-state index contributed by atoms with van der Waals surface area (Å²) >= 11 is 0. The normalized spacial score (nSPS) is 11.8. The molecule has 0 bridgehead atoms. The summed E-state index contributed by atoms with van der Waals surface area (Å²) in [4.78, 5) is 0. The van der Waals surface area contributed by atoms with Gasteiger partial charge in [0.1, 0.15) is 11.6 Å². The Bertz CT molecular complexity index is 1210. The summed E-state index contributed by atoms with van der Waals surface area (Å²) in [5, 5.41) is 2.02. The van der Waals surface area contributed by atoms with Crippen molar-refractivity contribution in [2.45, 2.75) is 25.9 Å². The summed E-state index contributed by atoms with van der Waals surface area (Å²) in [6.45, 7) is 2.12. The van der Waals surface area contributed by atoms with Crippen LogP contribution >= 0.6 is 0 Å². The fraction of sp³-hybridized carbons (Fsp3) is 0.154. The van der Waals surface area contributed by atoms with Gasteiger partial charge in [0.15, 0.2) is 0 Å². The number of rotatable bonds is 4. The minimum absolute atomic E-state index is 0.0523. The molecule has 4 aromatic rings. The molecular formula is C26H19F5. The molecule has 0 spiro atoms. The van der Waals surface area contributed by atoms with Crippen molar-refractivity contribution < 1.29 is 22.0 Å². The predicted octanol–water partition coefficient (Wildman–Crippen LogP) is 8.42. The third kappa shape index (κ3) is 4.31. The van der Waals surface area contributed by atoms with Crippen molar-refractivity contribution in [2.24, 2.45) is 0 Å². The third-order valence-corrected chi connectivity index (χ3v) is 5.32. The van der Waals surface area contributed by atoms with E-state index >= 15 is 0 Å². The van der Waals surface area contributed by atoms with Crippen LogP contribution in [-0.4, -0.2) is 0 Å².